The lowest BCUT2D eigenvalue weighted by Crippen LogP contribution is -2.28. The van der Waals surface area contributed by atoms with Gasteiger partial charge >= 0.3 is 0 Å². The van der Waals surface area contributed by atoms with E-state index in [0.29, 0.717) is 5.92 Å². The summed E-state index contributed by atoms with van der Waals surface area (Å²) >= 11 is 0. The van der Waals surface area contributed by atoms with Gasteiger partial charge in [0.1, 0.15) is 0 Å². The van der Waals surface area contributed by atoms with Crippen molar-refractivity contribution in [3.63, 3.8) is 0 Å². The number of aryl methyl sites for hydroxylation is 1. The van der Waals surface area contributed by atoms with E-state index in [2.05, 4.69) is 54.7 Å². The van der Waals surface area contributed by atoms with E-state index in [4.69, 9.17) is 4.98 Å². The molecule has 0 aliphatic carbocycles. The molecule has 1 atom stereocenters. The molecule has 1 aromatic carbocycles. The van der Waals surface area contributed by atoms with Crippen molar-refractivity contribution in [2.75, 3.05) is 13.1 Å². The minimum Gasteiger partial charge on any atom is -0.316 e. The van der Waals surface area contributed by atoms with E-state index < -0.39 is 0 Å². The molecule has 1 N–H and O–H groups in total. The largest absolute Gasteiger partial charge is 0.316 e. The highest BCUT2D eigenvalue weighted by Gasteiger charge is 2.16. The van der Waals surface area contributed by atoms with Crippen molar-refractivity contribution in [1.82, 2.24) is 10.3 Å². The molecule has 1 aliphatic heterocycles. The predicted octanol–water partition coefficient (Wildman–Crippen LogP) is 3.45. The van der Waals surface area contributed by atoms with Gasteiger partial charge in [0.25, 0.3) is 0 Å². The highest BCUT2D eigenvalue weighted by atomic mass is 14.9. The van der Waals surface area contributed by atoms with Crippen LogP contribution in [0.2, 0.25) is 0 Å². The summed E-state index contributed by atoms with van der Waals surface area (Å²) in [6, 6.07) is 15.2. The topological polar surface area (TPSA) is 24.9 Å². The second-order valence-electron chi connectivity index (χ2n) is 5.76. The van der Waals surface area contributed by atoms with E-state index in [1.807, 2.05) is 0 Å². The number of nitrogens with zero attached hydrogens (tertiary/aromatic N) is 1. The van der Waals surface area contributed by atoms with Crippen molar-refractivity contribution in [2.45, 2.75) is 32.1 Å². The maximum Gasteiger partial charge on any atom is 0.0450 e. The Balaban J connectivity index is 1.77. The third-order valence-electron chi connectivity index (χ3n) is 4.01. The fourth-order valence-corrected chi connectivity index (χ4v) is 2.96. The van der Waals surface area contributed by atoms with Crippen molar-refractivity contribution in [2.24, 2.45) is 0 Å². The Morgan fingerprint density at radius 3 is 2.90 bits per heavy atom. The molecule has 1 saturated heterocycles. The molecular weight excluding hydrogens is 244 g/mol. The molecule has 2 heterocycles. The quantitative estimate of drug-likeness (QED) is 0.920. The van der Waals surface area contributed by atoms with Crippen molar-refractivity contribution in [3.8, 4) is 0 Å². The lowest BCUT2D eigenvalue weighted by Gasteiger charge is -2.22. The van der Waals surface area contributed by atoms with Crippen molar-refractivity contribution in [1.29, 1.82) is 0 Å². The average molecular weight is 266 g/mol. The Hall–Kier alpha value is -1.67. The molecule has 1 aliphatic rings. The second kappa shape index (κ2) is 6.19. The van der Waals surface area contributed by atoms with E-state index in [-0.39, 0.29) is 0 Å². The molecule has 0 saturated carbocycles. The smallest absolute Gasteiger partial charge is 0.0450 e. The first-order chi connectivity index (χ1) is 9.81. The molecule has 1 aromatic heterocycles. The first-order valence-electron chi connectivity index (χ1n) is 7.53. The Labute approximate surface area is 121 Å². The third-order valence-corrected chi connectivity index (χ3v) is 4.01. The van der Waals surface area contributed by atoms with Crippen LogP contribution in [-0.2, 0) is 6.42 Å². The van der Waals surface area contributed by atoms with Crippen LogP contribution in [0.25, 0.3) is 0 Å². The third kappa shape index (κ3) is 3.26. The highest BCUT2D eigenvalue weighted by Crippen LogP contribution is 2.22. The molecule has 2 nitrogen and oxygen atoms in total. The Kier molecular flexibility index (Phi) is 4.12. The van der Waals surface area contributed by atoms with Gasteiger partial charge in [-0.25, -0.2) is 0 Å². The summed E-state index contributed by atoms with van der Waals surface area (Å²) in [5.41, 5.74) is 5.09. The Morgan fingerprint density at radius 2 is 2.10 bits per heavy atom. The molecule has 3 rings (SSSR count). The van der Waals surface area contributed by atoms with E-state index in [0.717, 1.165) is 19.5 Å². The molecule has 2 aromatic rings. The molecule has 104 valence electrons. The zero-order valence-electron chi connectivity index (χ0n) is 12.1. The molecule has 0 unspecified atom stereocenters. The summed E-state index contributed by atoms with van der Waals surface area (Å²) in [6.45, 7) is 4.36. The zero-order chi connectivity index (χ0) is 13.8. The number of nitrogens with one attached hydrogen (secondary N) is 1. The van der Waals surface area contributed by atoms with Crippen LogP contribution < -0.4 is 5.32 Å². The summed E-state index contributed by atoms with van der Waals surface area (Å²) < 4.78 is 0. The van der Waals surface area contributed by atoms with Crippen LogP contribution in [0, 0.1) is 6.92 Å². The molecule has 0 radical (unpaired) electrons. The number of benzene rings is 1. The summed E-state index contributed by atoms with van der Waals surface area (Å²) in [5.74, 6) is 0.584. The standard InChI is InChI=1S/C18H22N2/c1-14-5-2-6-15(11-14)12-17-8-3-9-18(20-17)16-7-4-10-19-13-16/h2-3,5-6,8-9,11,16,19H,4,7,10,12-13H2,1H3/t16-/m1/s1. The number of hydrogen-bond acceptors (Lipinski definition) is 2. The molecule has 1 fully saturated rings. The summed E-state index contributed by atoms with van der Waals surface area (Å²) in [7, 11) is 0. The van der Waals surface area contributed by atoms with Gasteiger partial charge in [0.05, 0.1) is 0 Å². The van der Waals surface area contributed by atoms with Gasteiger partial charge in [-0.15, -0.1) is 0 Å². The number of piperidine rings is 1. The number of rotatable bonds is 3. The van der Waals surface area contributed by atoms with Crippen molar-refractivity contribution >= 4 is 0 Å². The molecule has 20 heavy (non-hydrogen) atoms. The summed E-state index contributed by atoms with van der Waals surface area (Å²) in [4.78, 5) is 4.88. The SMILES string of the molecule is Cc1cccc(Cc2cccc([C@@H]3CCCNC3)n2)c1. The monoisotopic (exact) mass is 266 g/mol. The van der Waals surface area contributed by atoms with E-state index in [1.165, 1.54) is 35.4 Å². The van der Waals surface area contributed by atoms with E-state index in [9.17, 15) is 0 Å². The minimum atomic E-state index is 0.584. The fraction of sp³-hybridized carbons (Fsp3) is 0.389. The van der Waals surface area contributed by atoms with Gasteiger partial charge < -0.3 is 5.32 Å². The van der Waals surface area contributed by atoms with Gasteiger partial charge in [-0.2, -0.15) is 0 Å². The number of pyridine rings is 1. The molecule has 0 bridgehead atoms. The van der Waals surface area contributed by atoms with Crippen LogP contribution in [0.4, 0.5) is 0 Å². The van der Waals surface area contributed by atoms with Crippen LogP contribution in [0.3, 0.4) is 0 Å². The molecule has 2 heteroatoms. The second-order valence-corrected chi connectivity index (χ2v) is 5.76. The number of aromatic nitrogens is 1. The van der Waals surface area contributed by atoms with Gasteiger partial charge in [0.15, 0.2) is 0 Å². The average Bonchev–Trinajstić information content (AvgIpc) is 2.48. The fourth-order valence-electron chi connectivity index (χ4n) is 2.96. The molecule has 0 amide bonds. The van der Waals surface area contributed by atoms with E-state index in [1.54, 1.807) is 0 Å². The van der Waals surface area contributed by atoms with Gasteiger partial charge in [-0.1, -0.05) is 35.9 Å². The minimum absolute atomic E-state index is 0.584. The Morgan fingerprint density at radius 1 is 1.20 bits per heavy atom. The number of hydrogen-bond donors (Lipinski definition) is 1. The lowest BCUT2D eigenvalue weighted by molar-refractivity contribution is 0.454. The Bertz CT molecular complexity index is 571. The summed E-state index contributed by atoms with van der Waals surface area (Å²) in [5, 5.41) is 3.47. The zero-order valence-corrected chi connectivity index (χ0v) is 12.1. The predicted molar refractivity (Wildman–Crippen MR) is 83.1 cm³/mol. The van der Waals surface area contributed by atoms with E-state index >= 15 is 0 Å². The van der Waals surface area contributed by atoms with Crippen LogP contribution in [0.5, 0.6) is 0 Å². The van der Waals surface area contributed by atoms with Crippen LogP contribution in [0.15, 0.2) is 42.5 Å². The van der Waals surface area contributed by atoms with Gasteiger partial charge in [0.2, 0.25) is 0 Å². The van der Waals surface area contributed by atoms with Crippen LogP contribution in [0.1, 0.15) is 41.3 Å². The molecular formula is C18H22N2. The lowest BCUT2D eigenvalue weighted by atomic mass is 9.95. The highest BCUT2D eigenvalue weighted by molar-refractivity contribution is 5.27. The molecule has 0 spiro atoms. The van der Waals surface area contributed by atoms with Crippen molar-refractivity contribution < 1.29 is 0 Å². The van der Waals surface area contributed by atoms with Crippen LogP contribution in [-0.4, -0.2) is 18.1 Å². The van der Waals surface area contributed by atoms with Gasteiger partial charge in [-0.3, -0.25) is 4.98 Å². The van der Waals surface area contributed by atoms with Gasteiger partial charge in [-0.05, 0) is 44.0 Å². The van der Waals surface area contributed by atoms with Crippen molar-refractivity contribution in [3.05, 3.63) is 65.0 Å². The first-order valence-corrected chi connectivity index (χ1v) is 7.53. The first kappa shape index (κ1) is 13.3. The van der Waals surface area contributed by atoms with Gasteiger partial charge in [0, 0.05) is 30.3 Å². The normalized spacial score (nSPS) is 18.9. The maximum atomic E-state index is 4.88. The van der Waals surface area contributed by atoms with Crippen LogP contribution >= 0.6 is 0 Å². The maximum absolute atomic E-state index is 4.88. The summed E-state index contributed by atoms with van der Waals surface area (Å²) in [6.07, 6.45) is 3.44.